The number of nitro groups is 1. The van der Waals surface area contributed by atoms with Gasteiger partial charge in [0.05, 0.1) is 11.5 Å². The average molecular weight is 291 g/mol. The Morgan fingerprint density at radius 2 is 2.19 bits per heavy atom. The van der Waals surface area contributed by atoms with Gasteiger partial charge in [-0.3, -0.25) is 14.9 Å². The van der Waals surface area contributed by atoms with E-state index in [1.807, 2.05) is 13.8 Å². The van der Waals surface area contributed by atoms with E-state index in [2.05, 4.69) is 0 Å². The smallest absolute Gasteiger partial charge is 0.325 e. The van der Waals surface area contributed by atoms with Crippen molar-refractivity contribution in [3.8, 4) is 6.07 Å². The van der Waals surface area contributed by atoms with Crippen molar-refractivity contribution >= 4 is 17.3 Å². The van der Waals surface area contributed by atoms with Gasteiger partial charge in [-0.05, 0) is 32.9 Å². The molecule has 0 heterocycles. The zero-order valence-corrected chi connectivity index (χ0v) is 12.2. The summed E-state index contributed by atoms with van der Waals surface area (Å²) in [7, 11) is 0. The summed E-state index contributed by atoms with van der Waals surface area (Å²) in [5.74, 6) is -0.470. The number of carbonyl (C=O) groups is 1. The fourth-order valence-electron chi connectivity index (χ4n) is 1.94. The van der Waals surface area contributed by atoms with Crippen molar-refractivity contribution in [1.29, 1.82) is 5.26 Å². The molecule has 0 N–H and O–H groups in total. The third kappa shape index (κ3) is 3.92. The molecule has 1 rings (SSSR count). The van der Waals surface area contributed by atoms with Crippen molar-refractivity contribution in [2.24, 2.45) is 0 Å². The van der Waals surface area contributed by atoms with Crippen molar-refractivity contribution in [1.82, 2.24) is 0 Å². The van der Waals surface area contributed by atoms with Gasteiger partial charge in [-0.1, -0.05) is 6.07 Å². The lowest BCUT2D eigenvalue weighted by Crippen LogP contribution is -2.37. The summed E-state index contributed by atoms with van der Waals surface area (Å²) in [6, 6.07) is 6.10. The maximum Gasteiger partial charge on any atom is 0.325 e. The molecule has 0 fully saturated rings. The third-order valence-corrected chi connectivity index (χ3v) is 2.86. The molecular formula is C14H17N3O4. The summed E-state index contributed by atoms with van der Waals surface area (Å²) >= 11 is 0. The highest BCUT2D eigenvalue weighted by Crippen LogP contribution is 2.32. The van der Waals surface area contributed by atoms with E-state index in [4.69, 9.17) is 10.00 Å². The van der Waals surface area contributed by atoms with Crippen LogP contribution in [-0.4, -0.2) is 30.1 Å². The zero-order chi connectivity index (χ0) is 16.0. The second-order valence-electron chi connectivity index (χ2n) is 4.57. The number of carbonyl (C=O) groups excluding carboxylic acids is 1. The summed E-state index contributed by atoms with van der Waals surface area (Å²) in [5.41, 5.74) is -0.0906. The standard InChI is InChI=1S/C14H17N3O4/c1-4-21-13(18)9-16(10(2)3)12-7-5-6-11(8-15)14(12)17(19)20/h5-7,10H,4,9H2,1-3H3. The molecule has 21 heavy (non-hydrogen) atoms. The van der Waals surface area contributed by atoms with Gasteiger partial charge >= 0.3 is 11.7 Å². The lowest BCUT2D eigenvalue weighted by molar-refractivity contribution is -0.384. The predicted molar refractivity (Wildman–Crippen MR) is 76.9 cm³/mol. The molecular weight excluding hydrogens is 274 g/mol. The molecule has 1 aromatic carbocycles. The first-order chi connectivity index (χ1) is 9.92. The summed E-state index contributed by atoms with van der Waals surface area (Å²) in [6.45, 7) is 5.44. The third-order valence-electron chi connectivity index (χ3n) is 2.86. The first kappa shape index (κ1) is 16.4. The molecule has 0 aliphatic heterocycles. The highest BCUT2D eigenvalue weighted by molar-refractivity contribution is 5.79. The lowest BCUT2D eigenvalue weighted by Gasteiger charge is -2.27. The molecule has 7 heteroatoms. The fourth-order valence-corrected chi connectivity index (χ4v) is 1.94. The molecule has 0 spiro atoms. The monoisotopic (exact) mass is 291 g/mol. The van der Waals surface area contributed by atoms with E-state index in [0.29, 0.717) is 0 Å². The van der Waals surface area contributed by atoms with Crippen molar-refractivity contribution < 1.29 is 14.5 Å². The highest BCUT2D eigenvalue weighted by Gasteiger charge is 2.26. The van der Waals surface area contributed by atoms with Crippen LogP contribution >= 0.6 is 0 Å². The Bertz CT molecular complexity index is 578. The number of esters is 1. The molecule has 0 aliphatic rings. The maximum absolute atomic E-state index is 11.7. The van der Waals surface area contributed by atoms with Gasteiger partial charge in [0, 0.05) is 6.04 Å². The van der Waals surface area contributed by atoms with Crippen LogP contribution in [0.1, 0.15) is 26.3 Å². The van der Waals surface area contributed by atoms with Crippen LogP contribution < -0.4 is 4.90 Å². The van der Waals surface area contributed by atoms with Gasteiger partial charge in [-0.25, -0.2) is 0 Å². The van der Waals surface area contributed by atoms with Crippen LogP contribution in [-0.2, 0) is 9.53 Å². The van der Waals surface area contributed by atoms with Crippen LogP contribution in [0, 0.1) is 21.4 Å². The average Bonchev–Trinajstić information content (AvgIpc) is 2.43. The van der Waals surface area contributed by atoms with E-state index < -0.39 is 10.9 Å². The maximum atomic E-state index is 11.7. The summed E-state index contributed by atoms with van der Waals surface area (Å²) < 4.78 is 4.89. The fraction of sp³-hybridized carbons (Fsp3) is 0.429. The minimum atomic E-state index is -0.603. The second-order valence-corrected chi connectivity index (χ2v) is 4.57. The molecule has 0 saturated carbocycles. The summed E-state index contributed by atoms with van der Waals surface area (Å²) in [6.07, 6.45) is 0. The molecule has 0 amide bonds. The predicted octanol–water partition coefficient (Wildman–Crippen LogP) is 2.24. The molecule has 0 atom stereocenters. The first-order valence-corrected chi connectivity index (χ1v) is 6.52. The topological polar surface area (TPSA) is 96.5 Å². The van der Waals surface area contributed by atoms with Crippen LogP contribution in [0.25, 0.3) is 0 Å². The van der Waals surface area contributed by atoms with Crippen molar-refractivity contribution in [3.63, 3.8) is 0 Å². The van der Waals surface area contributed by atoms with Crippen molar-refractivity contribution in [2.45, 2.75) is 26.8 Å². The zero-order valence-electron chi connectivity index (χ0n) is 12.2. The Labute approximate surface area is 122 Å². The quantitative estimate of drug-likeness (QED) is 0.453. The Kier molecular flexibility index (Phi) is 5.67. The molecule has 0 radical (unpaired) electrons. The number of anilines is 1. The molecule has 0 bridgehead atoms. The van der Waals surface area contributed by atoms with Gasteiger partial charge in [0.1, 0.15) is 23.9 Å². The Balaban J connectivity index is 3.29. The molecule has 0 aliphatic carbocycles. The second kappa shape index (κ2) is 7.24. The number of rotatable bonds is 6. The lowest BCUT2D eigenvalue weighted by atomic mass is 10.1. The molecule has 0 aromatic heterocycles. The van der Waals surface area contributed by atoms with E-state index in [0.717, 1.165) is 0 Å². The van der Waals surface area contributed by atoms with Crippen LogP contribution in [0.5, 0.6) is 0 Å². The van der Waals surface area contributed by atoms with Crippen LogP contribution in [0.15, 0.2) is 18.2 Å². The Morgan fingerprint density at radius 1 is 1.52 bits per heavy atom. The summed E-state index contributed by atoms with van der Waals surface area (Å²) in [5, 5.41) is 20.3. The van der Waals surface area contributed by atoms with Gasteiger partial charge in [-0.15, -0.1) is 0 Å². The minimum absolute atomic E-state index is 0.0352. The van der Waals surface area contributed by atoms with Gasteiger partial charge in [0.2, 0.25) is 0 Å². The normalized spacial score (nSPS) is 10.0. The SMILES string of the molecule is CCOC(=O)CN(c1cccc(C#N)c1[N+](=O)[O-])C(C)C. The van der Waals surface area contributed by atoms with Crippen LogP contribution in [0.3, 0.4) is 0 Å². The van der Waals surface area contributed by atoms with Gasteiger partial charge < -0.3 is 9.64 Å². The minimum Gasteiger partial charge on any atom is -0.465 e. The van der Waals surface area contributed by atoms with Crippen LogP contribution in [0.4, 0.5) is 11.4 Å². The molecule has 7 nitrogen and oxygen atoms in total. The van der Waals surface area contributed by atoms with E-state index in [-0.39, 0.29) is 36.1 Å². The number of nitriles is 1. The molecule has 0 saturated heterocycles. The molecule has 112 valence electrons. The highest BCUT2D eigenvalue weighted by atomic mass is 16.6. The number of para-hydroxylation sites is 1. The van der Waals surface area contributed by atoms with Gasteiger partial charge in [-0.2, -0.15) is 5.26 Å². The first-order valence-electron chi connectivity index (χ1n) is 6.52. The molecule has 0 unspecified atom stereocenters. The number of benzene rings is 1. The van der Waals surface area contributed by atoms with E-state index >= 15 is 0 Å². The number of nitrogens with zero attached hydrogens (tertiary/aromatic N) is 3. The van der Waals surface area contributed by atoms with E-state index in [9.17, 15) is 14.9 Å². The number of nitro benzene ring substituents is 1. The van der Waals surface area contributed by atoms with Crippen molar-refractivity contribution in [3.05, 3.63) is 33.9 Å². The largest absolute Gasteiger partial charge is 0.465 e. The number of hydrogen-bond donors (Lipinski definition) is 0. The Hall–Kier alpha value is -2.62. The van der Waals surface area contributed by atoms with Gasteiger partial charge in [0.15, 0.2) is 0 Å². The van der Waals surface area contributed by atoms with E-state index in [1.54, 1.807) is 24.0 Å². The number of ether oxygens (including phenoxy) is 1. The van der Waals surface area contributed by atoms with Crippen LogP contribution in [0.2, 0.25) is 0 Å². The van der Waals surface area contributed by atoms with Crippen molar-refractivity contribution in [2.75, 3.05) is 18.1 Å². The summed E-state index contributed by atoms with van der Waals surface area (Å²) in [4.78, 5) is 23.9. The van der Waals surface area contributed by atoms with Gasteiger partial charge in [0.25, 0.3) is 0 Å². The Morgan fingerprint density at radius 3 is 2.67 bits per heavy atom. The number of hydrogen-bond acceptors (Lipinski definition) is 6. The molecule has 1 aromatic rings. The van der Waals surface area contributed by atoms with E-state index in [1.165, 1.54) is 12.1 Å².